The largest absolute Gasteiger partial charge is 0.493 e. The van der Waals surface area contributed by atoms with Gasteiger partial charge in [-0.05, 0) is 37.3 Å². The van der Waals surface area contributed by atoms with Crippen LogP contribution in [-0.2, 0) is 0 Å². The van der Waals surface area contributed by atoms with Crippen molar-refractivity contribution in [3.05, 3.63) is 53.1 Å². The van der Waals surface area contributed by atoms with E-state index < -0.39 is 0 Å². The van der Waals surface area contributed by atoms with E-state index in [9.17, 15) is 4.79 Å². The van der Waals surface area contributed by atoms with Crippen molar-refractivity contribution < 1.29 is 9.53 Å². The van der Waals surface area contributed by atoms with Crippen molar-refractivity contribution >= 4 is 28.9 Å². The van der Waals surface area contributed by atoms with Crippen molar-refractivity contribution in [2.45, 2.75) is 6.92 Å². The Morgan fingerprint density at radius 1 is 1.30 bits per heavy atom. The summed E-state index contributed by atoms with van der Waals surface area (Å²) in [5, 5.41) is 3.14. The van der Waals surface area contributed by atoms with Gasteiger partial charge in [-0.2, -0.15) is 0 Å². The summed E-state index contributed by atoms with van der Waals surface area (Å²) in [6.45, 7) is 2.36. The number of ether oxygens (including phenoxy) is 1. The first-order valence-electron chi connectivity index (χ1n) is 6.20. The molecule has 2 aromatic rings. The maximum atomic E-state index is 12.3. The van der Waals surface area contributed by atoms with Gasteiger partial charge < -0.3 is 15.8 Å². The molecule has 0 aliphatic heterocycles. The highest BCUT2D eigenvalue weighted by molar-refractivity contribution is 6.34. The van der Waals surface area contributed by atoms with E-state index in [-0.39, 0.29) is 5.91 Å². The van der Waals surface area contributed by atoms with Crippen LogP contribution in [0.15, 0.2) is 42.5 Å². The second-order valence-corrected chi connectivity index (χ2v) is 4.53. The monoisotopic (exact) mass is 290 g/mol. The molecule has 0 radical (unpaired) electrons. The Morgan fingerprint density at radius 2 is 2.05 bits per heavy atom. The molecule has 0 aromatic heterocycles. The van der Waals surface area contributed by atoms with Crippen LogP contribution < -0.4 is 15.8 Å². The Morgan fingerprint density at radius 3 is 2.75 bits per heavy atom. The number of amides is 1. The van der Waals surface area contributed by atoms with E-state index in [1.807, 2.05) is 13.0 Å². The Labute approximate surface area is 122 Å². The topological polar surface area (TPSA) is 64.3 Å². The number of carbonyl (C=O) groups is 1. The Bertz CT molecular complexity index is 629. The van der Waals surface area contributed by atoms with Gasteiger partial charge in [0.05, 0.1) is 22.9 Å². The summed E-state index contributed by atoms with van der Waals surface area (Å²) >= 11 is 6.04. The zero-order valence-corrected chi connectivity index (χ0v) is 11.8. The third kappa shape index (κ3) is 3.22. The Kier molecular flexibility index (Phi) is 4.48. The summed E-state index contributed by atoms with van der Waals surface area (Å²) in [5.74, 6) is 0.264. The molecule has 0 aliphatic carbocycles. The minimum Gasteiger partial charge on any atom is -0.493 e. The molecule has 0 saturated carbocycles. The predicted octanol–water partition coefficient (Wildman–Crippen LogP) is 3.57. The van der Waals surface area contributed by atoms with Gasteiger partial charge in [0.1, 0.15) is 5.75 Å². The number of hydrogen-bond acceptors (Lipinski definition) is 3. The average Bonchev–Trinajstić information content (AvgIpc) is 2.43. The molecule has 20 heavy (non-hydrogen) atoms. The molecule has 1 amide bonds. The molecule has 0 unspecified atom stereocenters. The fourth-order valence-corrected chi connectivity index (χ4v) is 1.99. The van der Waals surface area contributed by atoms with Crippen molar-refractivity contribution in [2.24, 2.45) is 0 Å². The lowest BCUT2D eigenvalue weighted by atomic mass is 10.2. The summed E-state index contributed by atoms with van der Waals surface area (Å²) in [6.07, 6.45) is 0. The molecule has 3 N–H and O–H groups in total. The first-order chi connectivity index (χ1) is 9.61. The Balaban J connectivity index is 2.24. The van der Waals surface area contributed by atoms with Gasteiger partial charge in [0, 0.05) is 5.69 Å². The lowest BCUT2D eigenvalue weighted by Crippen LogP contribution is -2.14. The molecule has 2 aromatic carbocycles. The van der Waals surface area contributed by atoms with Gasteiger partial charge in [-0.1, -0.05) is 23.7 Å². The third-order valence-electron chi connectivity index (χ3n) is 2.67. The van der Waals surface area contributed by atoms with Gasteiger partial charge in [-0.3, -0.25) is 4.79 Å². The highest BCUT2D eigenvalue weighted by atomic mass is 35.5. The zero-order valence-electron chi connectivity index (χ0n) is 11.0. The molecule has 0 heterocycles. The van der Waals surface area contributed by atoms with Crippen molar-refractivity contribution in [1.29, 1.82) is 0 Å². The van der Waals surface area contributed by atoms with Gasteiger partial charge in [0.15, 0.2) is 0 Å². The molecule has 4 nitrogen and oxygen atoms in total. The van der Waals surface area contributed by atoms with Crippen LogP contribution >= 0.6 is 11.6 Å². The molecule has 2 rings (SSSR count). The SMILES string of the molecule is CCOc1ccccc1C(=O)Nc1ccc(N)cc1Cl. The summed E-state index contributed by atoms with van der Waals surface area (Å²) in [7, 11) is 0. The highest BCUT2D eigenvalue weighted by Gasteiger charge is 2.13. The lowest BCUT2D eigenvalue weighted by molar-refractivity contribution is 0.102. The van der Waals surface area contributed by atoms with Crippen LogP contribution in [0.2, 0.25) is 5.02 Å². The molecular weight excluding hydrogens is 276 g/mol. The van der Waals surface area contributed by atoms with Crippen LogP contribution in [0.1, 0.15) is 17.3 Å². The van der Waals surface area contributed by atoms with Crippen molar-refractivity contribution in [2.75, 3.05) is 17.7 Å². The minimum atomic E-state index is -0.277. The minimum absolute atomic E-state index is 0.277. The molecule has 0 saturated heterocycles. The van der Waals surface area contributed by atoms with E-state index in [1.165, 1.54) is 0 Å². The van der Waals surface area contributed by atoms with Crippen LogP contribution in [0.3, 0.4) is 0 Å². The molecule has 0 fully saturated rings. The summed E-state index contributed by atoms with van der Waals surface area (Å²) < 4.78 is 5.43. The van der Waals surface area contributed by atoms with Crippen LogP contribution in [-0.4, -0.2) is 12.5 Å². The smallest absolute Gasteiger partial charge is 0.259 e. The number of nitrogen functional groups attached to an aromatic ring is 1. The number of anilines is 2. The van der Waals surface area contributed by atoms with Gasteiger partial charge >= 0.3 is 0 Å². The number of para-hydroxylation sites is 1. The van der Waals surface area contributed by atoms with E-state index in [1.54, 1.807) is 36.4 Å². The molecule has 104 valence electrons. The number of nitrogens with one attached hydrogen (secondary N) is 1. The van der Waals surface area contributed by atoms with Crippen LogP contribution in [0.4, 0.5) is 11.4 Å². The Hall–Kier alpha value is -2.20. The first kappa shape index (κ1) is 14.2. The van der Waals surface area contributed by atoms with Crippen molar-refractivity contribution in [3.63, 3.8) is 0 Å². The zero-order chi connectivity index (χ0) is 14.5. The second-order valence-electron chi connectivity index (χ2n) is 4.12. The molecule has 0 aliphatic rings. The van der Waals surface area contributed by atoms with E-state index in [2.05, 4.69) is 5.32 Å². The van der Waals surface area contributed by atoms with Crippen LogP contribution in [0.5, 0.6) is 5.75 Å². The van der Waals surface area contributed by atoms with E-state index in [0.717, 1.165) is 0 Å². The number of rotatable bonds is 4. The van der Waals surface area contributed by atoms with Gasteiger partial charge in [0.2, 0.25) is 0 Å². The normalized spacial score (nSPS) is 10.1. The van der Waals surface area contributed by atoms with Crippen molar-refractivity contribution in [3.8, 4) is 5.75 Å². The fourth-order valence-electron chi connectivity index (χ4n) is 1.76. The predicted molar refractivity (Wildman–Crippen MR) is 81.4 cm³/mol. The maximum Gasteiger partial charge on any atom is 0.259 e. The average molecular weight is 291 g/mol. The molecule has 0 bridgehead atoms. The maximum absolute atomic E-state index is 12.3. The number of nitrogens with two attached hydrogens (primary N) is 1. The van der Waals surface area contributed by atoms with Crippen LogP contribution in [0, 0.1) is 0 Å². The second kappa shape index (κ2) is 6.30. The molecule has 0 spiro atoms. The lowest BCUT2D eigenvalue weighted by Gasteiger charge is -2.11. The molecule has 5 heteroatoms. The standard InChI is InChI=1S/C15H15ClN2O2/c1-2-20-14-6-4-3-5-11(14)15(19)18-13-8-7-10(17)9-12(13)16/h3-9H,2,17H2,1H3,(H,18,19). The number of carbonyl (C=O) groups excluding carboxylic acids is 1. The van der Waals surface area contributed by atoms with Crippen molar-refractivity contribution in [1.82, 2.24) is 0 Å². The third-order valence-corrected chi connectivity index (χ3v) is 2.99. The highest BCUT2D eigenvalue weighted by Crippen LogP contribution is 2.26. The summed E-state index contributed by atoms with van der Waals surface area (Å²) in [6, 6.07) is 12.0. The molecule has 0 atom stereocenters. The fraction of sp³-hybridized carbons (Fsp3) is 0.133. The first-order valence-corrected chi connectivity index (χ1v) is 6.58. The molecular formula is C15H15ClN2O2. The summed E-state index contributed by atoms with van der Waals surface area (Å²) in [5.41, 5.74) is 7.13. The quantitative estimate of drug-likeness (QED) is 0.846. The van der Waals surface area contributed by atoms with Gasteiger partial charge in [-0.15, -0.1) is 0 Å². The van der Waals surface area contributed by atoms with E-state index in [0.29, 0.717) is 34.3 Å². The number of hydrogen-bond donors (Lipinski definition) is 2. The van der Waals surface area contributed by atoms with E-state index >= 15 is 0 Å². The van der Waals surface area contributed by atoms with Crippen LogP contribution in [0.25, 0.3) is 0 Å². The number of halogens is 1. The van der Waals surface area contributed by atoms with Gasteiger partial charge in [0.25, 0.3) is 5.91 Å². The number of benzene rings is 2. The van der Waals surface area contributed by atoms with E-state index in [4.69, 9.17) is 22.1 Å². The summed E-state index contributed by atoms with van der Waals surface area (Å²) in [4.78, 5) is 12.3. The van der Waals surface area contributed by atoms with Gasteiger partial charge in [-0.25, -0.2) is 0 Å².